The Hall–Kier alpha value is -1.09. The molecule has 1 aromatic heterocycles. The van der Waals surface area contributed by atoms with Crippen LogP contribution in [-0.2, 0) is 0 Å². The first-order valence-corrected chi connectivity index (χ1v) is 6.87. The maximum atomic E-state index is 4.58. The van der Waals surface area contributed by atoms with Crippen LogP contribution in [0.2, 0.25) is 0 Å². The highest BCUT2D eigenvalue weighted by Gasteiger charge is 2.14. The SMILES string of the molecule is CCC(NC)c1ccc(N(C)C(C)C(C)C)cn1. The Balaban J connectivity index is 2.82. The minimum absolute atomic E-state index is 0.354. The first kappa shape index (κ1) is 15.0. The number of hydrogen-bond donors (Lipinski definition) is 1. The lowest BCUT2D eigenvalue weighted by Crippen LogP contribution is -2.33. The lowest BCUT2D eigenvalue weighted by molar-refractivity contribution is 0.504. The molecule has 2 unspecified atom stereocenters. The normalized spacial score (nSPS) is 14.6. The van der Waals surface area contributed by atoms with Crippen LogP contribution in [0.4, 0.5) is 5.69 Å². The van der Waals surface area contributed by atoms with Crippen LogP contribution in [-0.4, -0.2) is 25.1 Å². The van der Waals surface area contributed by atoms with Crippen LogP contribution < -0.4 is 10.2 Å². The van der Waals surface area contributed by atoms with Gasteiger partial charge in [0, 0.05) is 19.1 Å². The molecule has 0 saturated heterocycles. The molecule has 102 valence electrons. The van der Waals surface area contributed by atoms with Gasteiger partial charge in [0.2, 0.25) is 0 Å². The number of rotatable bonds is 6. The molecule has 0 amide bonds. The van der Waals surface area contributed by atoms with E-state index in [1.54, 1.807) is 0 Å². The van der Waals surface area contributed by atoms with Gasteiger partial charge in [0.05, 0.1) is 17.6 Å². The van der Waals surface area contributed by atoms with Crippen molar-refractivity contribution in [2.75, 3.05) is 19.0 Å². The number of anilines is 1. The summed E-state index contributed by atoms with van der Waals surface area (Å²) in [6.07, 6.45) is 3.04. The van der Waals surface area contributed by atoms with Gasteiger partial charge < -0.3 is 10.2 Å². The summed E-state index contributed by atoms with van der Waals surface area (Å²) >= 11 is 0. The fraction of sp³-hybridized carbons (Fsp3) is 0.667. The molecule has 18 heavy (non-hydrogen) atoms. The average molecular weight is 249 g/mol. The van der Waals surface area contributed by atoms with Gasteiger partial charge in [-0.15, -0.1) is 0 Å². The minimum atomic E-state index is 0.354. The van der Waals surface area contributed by atoms with E-state index in [0.717, 1.165) is 12.1 Å². The van der Waals surface area contributed by atoms with Crippen LogP contribution in [0.1, 0.15) is 45.9 Å². The third kappa shape index (κ3) is 3.45. The predicted octanol–water partition coefficient (Wildman–Crippen LogP) is 3.23. The van der Waals surface area contributed by atoms with E-state index in [-0.39, 0.29) is 0 Å². The summed E-state index contributed by atoms with van der Waals surface area (Å²) < 4.78 is 0. The molecule has 0 aliphatic carbocycles. The lowest BCUT2D eigenvalue weighted by atomic mass is 10.0. The molecular weight excluding hydrogens is 222 g/mol. The molecule has 0 bridgehead atoms. The van der Waals surface area contributed by atoms with E-state index >= 15 is 0 Å². The van der Waals surface area contributed by atoms with E-state index in [0.29, 0.717) is 18.0 Å². The molecule has 1 heterocycles. The van der Waals surface area contributed by atoms with Crippen molar-refractivity contribution < 1.29 is 0 Å². The summed E-state index contributed by atoms with van der Waals surface area (Å²) in [5, 5.41) is 3.28. The molecule has 0 spiro atoms. The zero-order chi connectivity index (χ0) is 13.7. The predicted molar refractivity (Wildman–Crippen MR) is 79.0 cm³/mol. The largest absolute Gasteiger partial charge is 0.370 e. The number of nitrogens with zero attached hydrogens (tertiary/aromatic N) is 2. The zero-order valence-electron chi connectivity index (χ0n) is 12.6. The molecule has 1 aromatic rings. The van der Waals surface area contributed by atoms with Gasteiger partial charge in [0.1, 0.15) is 0 Å². The van der Waals surface area contributed by atoms with Gasteiger partial charge >= 0.3 is 0 Å². The molecule has 0 aliphatic rings. The summed E-state index contributed by atoms with van der Waals surface area (Å²) in [7, 11) is 4.12. The second-order valence-corrected chi connectivity index (χ2v) is 5.29. The minimum Gasteiger partial charge on any atom is -0.370 e. The second kappa shape index (κ2) is 6.74. The molecular formula is C15H27N3. The Morgan fingerprint density at radius 3 is 2.33 bits per heavy atom. The van der Waals surface area contributed by atoms with Crippen LogP contribution in [0.25, 0.3) is 0 Å². The fourth-order valence-corrected chi connectivity index (χ4v) is 2.06. The first-order valence-electron chi connectivity index (χ1n) is 6.87. The third-order valence-corrected chi connectivity index (χ3v) is 3.87. The van der Waals surface area contributed by atoms with Gasteiger partial charge in [-0.05, 0) is 38.4 Å². The molecule has 0 aliphatic heterocycles. The quantitative estimate of drug-likeness (QED) is 0.839. The maximum absolute atomic E-state index is 4.58. The molecule has 0 fully saturated rings. The van der Waals surface area contributed by atoms with Crippen LogP contribution in [0.5, 0.6) is 0 Å². The molecule has 3 heteroatoms. The number of pyridine rings is 1. The highest BCUT2D eigenvalue weighted by atomic mass is 15.1. The number of nitrogens with one attached hydrogen (secondary N) is 1. The van der Waals surface area contributed by atoms with Crippen LogP contribution in [0, 0.1) is 5.92 Å². The molecule has 1 rings (SSSR count). The highest BCUT2D eigenvalue weighted by molar-refractivity contribution is 5.45. The van der Waals surface area contributed by atoms with E-state index < -0.39 is 0 Å². The third-order valence-electron chi connectivity index (χ3n) is 3.87. The topological polar surface area (TPSA) is 28.2 Å². The van der Waals surface area contributed by atoms with Gasteiger partial charge in [-0.25, -0.2) is 0 Å². The van der Waals surface area contributed by atoms with Gasteiger partial charge in [0.25, 0.3) is 0 Å². The Kier molecular flexibility index (Phi) is 5.60. The fourth-order valence-electron chi connectivity index (χ4n) is 2.06. The Morgan fingerprint density at radius 2 is 1.94 bits per heavy atom. The first-order chi connectivity index (χ1) is 8.51. The Labute approximate surface area is 112 Å². The molecule has 1 N–H and O–H groups in total. The van der Waals surface area contributed by atoms with Crippen molar-refractivity contribution in [2.24, 2.45) is 5.92 Å². The monoisotopic (exact) mass is 249 g/mol. The number of hydrogen-bond acceptors (Lipinski definition) is 3. The summed E-state index contributed by atoms with van der Waals surface area (Å²) in [5.41, 5.74) is 2.31. The lowest BCUT2D eigenvalue weighted by Gasteiger charge is -2.30. The van der Waals surface area contributed by atoms with Crippen LogP contribution in [0.15, 0.2) is 18.3 Å². The summed E-state index contributed by atoms with van der Waals surface area (Å²) in [4.78, 5) is 6.87. The standard InChI is InChI=1S/C15H27N3/c1-7-14(16-5)15-9-8-13(10-17-15)18(6)12(4)11(2)3/h8-12,14,16H,7H2,1-6H3. The smallest absolute Gasteiger partial charge is 0.0574 e. The van der Waals surface area contributed by atoms with Crippen LogP contribution >= 0.6 is 0 Å². The van der Waals surface area contributed by atoms with Crippen LogP contribution in [0.3, 0.4) is 0 Å². The summed E-state index contributed by atoms with van der Waals surface area (Å²) in [5.74, 6) is 0.635. The van der Waals surface area contributed by atoms with E-state index in [1.165, 1.54) is 5.69 Å². The van der Waals surface area contributed by atoms with Gasteiger partial charge in [-0.3, -0.25) is 4.98 Å². The molecule has 3 nitrogen and oxygen atoms in total. The van der Waals surface area contributed by atoms with Crippen molar-refractivity contribution in [1.82, 2.24) is 10.3 Å². The average Bonchev–Trinajstić information content (AvgIpc) is 2.39. The van der Waals surface area contributed by atoms with Gasteiger partial charge in [-0.1, -0.05) is 20.8 Å². The molecule has 2 atom stereocenters. The van der Waals surface area contributed by atoms with Crippen molar-refractivity contribution >= 4 is 5.69 Å². The Bertz CT molecular complexity index is 341. The van der Waals surface area contributed by atoms with E-state index in [9.17, 15) is 0 Å². The van der Waals surface area contributed by atoms with Crippen molar-refractivity contribution in [3.63, 3.8) is 0 Å². The second-order valence-electron chi connectivity index (χ2n) is 5.29. The van der Waals surface area contributed by atoms with E-state index in [2.05, 4.69) is 62.1 Å². The maximum Gasteiger partial charge on any atom is 0.0574 e. The van der Waals surface area contributed by atoms with Crippen molar-refractivity contribution in [3.05, 3.63) is 24.0 Å². The number of aromatic nitrogens is 1. The van der Waals surface area contributed by atoms with Gasteiger partial charge in [-0.2, -0.15) is 0 Å². The van der Waals surface area contributed by atoms with Crippen molar-refractivity contribution in [1.29, 1.82) is 0 Å². The van der Waals surface area contributed by atoms with E-state index in [4.69, 9.17) is 0 Å². The molecule has 0 saturated carbocycles. The Morgan fingerprint density at radius 1 is 1.28 bits per heavy atom. The van der Waals surface area contributed by atoms with Gasteiger partial charge in [0.15, 0.2) is 0 Å². The zero-order valence-corrected chi connectivity index (χ0v) is 12.6. The highest BCUT2D eigenvalue weighted by Crippen LogP contribution is 2.21. The summed E-state index contributed by atoms with van der Waals surface area (Å²) in [6.45, 7) is 8.92. The van der Waals surface area contributed by atoms with Crippen molar-refractivity contribution in [3.8, 4) is 0 Å². The molecule has 0 radical (unpaired) electrons. The van der Waals surface area contributed by atoms with Crippen molar-refractivity contribution in [2.45, 2.75) is 46.2 Å². The summed E-state index contributed by atoms with van der Waals surface area (Å²) in [6, 6.07) is 5.17. The molecule has 0 aromatic carbocycles. The van der Waals surface area contributed by atoms with E-state index in [1.807, 2.05) is 13.2 Å².